The number of benzene rings is 1. The van der Waals surface area contributed by atoms with Gasteiger partial charge in [0.25, 0.3) is 5.69 Å². The lowest BCUT2D eigenvalue weighted by Crippen LogP contribution is -2.06. The summed E-state index contributed by atoms with van der Waals surface area (Å²) in [5.41, 5.74) is 2.13. The van der Waals surface area contributed by atoms with Crippen LogP contribution in [0.15, 0.2) is 39.5 Å². The lowest BCUT2D eigenvalue weighted by atomic mass is 10.1. The van der Waals surface area contributed by atoms with Gasteiger partial charge in [0.05, 0.1) is 4.92 Å². The van der Waals surface area contributed by atoms with Gasteiger partial charge in [-0.3, -0.25) is 10.1 Å². The Balaban J connectivity index is 2.17. The molecule has 0 spiro atoms. The number of nitrogens with one attached hydrogen (secondary N) is 1. The summed E-state index contributed by atoms with van der Waals surface area (Å²) in [6, 6.07) is 6.93. The predicted octanol–water partition coefficient (Wildman–Crippen LogP) is 4.59. The molecule has 0 aliphatic rings. The SMILES string of the molecule is CC(Nc1ccc([N+](=O)[O-])cc1Br)c1ccsc1. The van der Waals surface area contributed by atoms with Crippen LogP contribution in [0.1, 0.15) is 18.5 Å². The largest absolute Gasteiger partial charge is 0.378 e. The number of hydrogen-bond donors (Lipinski definition) is 1. The van der Waals surface area contributed by atoms with Crippen molar-refractivity contribution >= 4 is 38.6 Å². The Morgan fingerprint density at radius 2 is 2.22 bits per heavy atom. The molecule has 0 bridgehead atoms. The van der Waals surface area contributed by atoms with Gasteiger partial charge in [-0.1, -0.05) is 0 Å². The van der Waals surface area contributed by atoms with Crippen LogP contribution in [0, 0.1) is 10.1 Å². The Morgan fingerprint density at radius 1 is 1.44 bits per heavy atom. The molecule has 0 aliphatic carbocycles. The number of anilines is 1. The van der Waals surface area contributed by atoms with Crippen molar-refractivity contribution in [1.82, 2.24) is 0 Å². The van der Waals surface area contributed by atoms with E-state index in [2.05, 4.69) is 39.6 Å². The van der Waals surface area contributed by atoms with Crippen LogP contribution in [0.3, 0.4) is 0 Å². The minimum Gasteiger partial charge on any atom is -0.378 e. The van der Waals surface area contributed by atoms with Gasteiger partial charge in [-0.15, -0.1) is 0 Å². The van der Waals surface area contributed by atoms with Crippen LogP contribution < -0.4 is 5.32 Å². The third kappa shape index (κ3) is 2.88. The highest BCUT2D eigenvalue weighted by molar-refractivity contribution is 9.10. The molecule has 18 heavy (non-hydrogen) atoms. The Hall–Kier alpha value is -1.40. The second-order valence-corrected chi connectivity index (χ2v) is 5.48. The monoisotopic (exact) mass is 326 g/mol. The van der Waals surface area contributed by atoms with E-state index in [1.54, 1.807) is 17.4 Å². The molecular formula is C12H11BrN2O2S. The van der Waals surface area contributed by atoms with Crippen LogP contribution in [0.25, 0.3) is 0 Å². The third-order valence-corrected chi connectivity index (χ3v) is 3.94. The second kappa shape index (κ2) is 5.49. The van der Waals surface area contributed by atoms with E-state index in [0.717, 1.165) is 5.69 Å². The molecule has 6 heteroatoms. The number of nitro benzene ring substituents is 1. The van der Waals surface area contributed by atoms with Gasteiger partial charge < -0.3 is 5.32 Å². The van der Waals surface area contributed by atoms with Crippen LogP contribution in [-0.4, -0.2) is 4.92 Å². The molecule has 0 saturated heterocycles. The molecule has 2 rings (SSSR count). The van der Waals surface area contributed by atoms with E-state index in [1.165, 1.54) is 17.7 Å². The quantitative estimate of drug-likeness (QED) is 0.660. The third-order valence-electron chi connectivity index (χ3n) is 2.58. The van der Waals surface area contributed by atoms with Crippen molar-refractivity contribution in [2.75, 3.05) is 5.32 Å². The Labute approximate surface area is 117 Å². The molecule has 1 unspecified atom stereocenters. The second-order valence-electron chi connectivity index (χ2n) is 3.84. The number of thiophene rings is 1. The van der Waals surface area contributed by atoms with Gasteiger partial charge in [0.1, 0.15) is 0 Å². The zero-order chi connectivity index (χ0) is 13.1. The van der Waals surface area contributed by atoms with Crippen molar-refractivity contribution in [3.63, 3.8) is 0 Å². The summed E-state index contributed by atoms with van der Waals surface area (Å²) >= 11 is 4.99. The summed E-state index contributed by atoms with van der Waals surface area (Å²) in [5.74, 6) is 0. The van der Waals surface area contributed by atoms with Gasteiger partial charge in [0.2, 0.25) is 0 Å². The lowest BCUT2D eigenvalue weighted by Gasteiger charge is -2.15. The summed E-state index contributed by atoms with van der Waals surface area (Å²) in [4.78, 5) is 10.2. The first-order valence-corrected chi connectivity index (χ1v) is 7.04. The molecule has 4 nitrogen and oxygen atoms in total. The maximum absolute atomic E-state index is 10.6. The lowest BCUT2D eigenvalue weighted by molar-refractivity contribution is -0.384. The van der Waals surface area contributed by atoms with Crippen LogP contribution in [0.2, 0.25) is 0 Å². The molecule has 0 saturated carbocycles. The Kier molecular flexibility index (Phi) is 3.98. The minimum atomic E-state index is -0.406. The van der Waals surface area contributed by atoms with Crippen molar-refractivity contribution in [3.8, 4) is 0 Å². The molecule has 94 valence electrons. The van der Waals surface area contributed by atoms with Crippen molar-refractivity contribution in [3.05, 3.63) is 55.2 Å². The average Bonchev–Trinajstić information content (AvgIpc) is 2.85. The molecule has 1 atom stereocenters. The van der Waals surface area contributed by atoms with E-state index < -0.39 is 4.92 Å². The van der Waals surface area contributed by atoms with Crippen molar-refractivity contribution in [2.24, 2.45) is 0 Å². The fourth-order valence-corrected chi connectivity index (χ4v) is 2.81. The zero-order valence-corrected chi connectivity index (χ0v) is 12.0. The molecule has 0 fully saturated rings. The van der Waals surface area contributed by atoms with Gasteiger partial charge in [-0.2, -0.15) is 11.3 Å². The number of rotatable bonds is 4. The van der Waals surface area contributed by atoms with Crippen LogP contribution in [-0.2, 0) is 0 Å². The maximum Gasteiger partial charge on any atom is 0.270 e. The zero-order valence-electron chi connectivity index (χ0n) is 9.59. The molecule has 2 aromatic rings. The Morgan fingerprint density at radius 3 is 2.78 bits per heavy atom. The number of nitrogens with zero attached hydrogens (tertiary/aromatic N) is 1. The molecule has 0 radical (unpaired) electrons. The average molecular weight is 327 g/mol. The van der Waals surface area contributed by atoms with E-state index >= 15 is 0 Å². The first-order valence-electron chi connectivity index (χ1n) is 5.30. The molecule has 1 heterocycles. The van der Waals surface area contributed by atoms with Gasteiger partial charge in [-0.05, 0) is 51.3 Å². The van der Waals surface area contributed by atoms with E-state index in [0.29, 0.717) is 4.47 Å². The fourth-order valence-electron chi connectivity index (χ4n) is 1.57. The number of hydrogen-bond acceptors (Lipinski definition) is 4. The number of nitro groups is 1. The normalized spacial score (nSPS) is 12.1. The summed E-state index contributed by atoms with van der Waals surface area (Å²) in [7, 11) is 0. The highest BCUT2D eigenvalue weighted by Crippen LogP contribution is 2.30. The molecule has 1 aromatic heterocycles. The molecule has 1 N–H and O–H groups in total. The first kappa shape index (κ1) is 13.0. The minimum absolute atomic E-state index is 0.0793. The highest BCUT2D eigenvalue weighted by Gasteiger charge is 2.11. The number of halogens is 1. The Bertz CT molecular complexity index is 557. The molecular weight excluding hydrogens is 316 g/mol. The summed E-state index contributed by atoms with van der Waals surface area (Å²) in [6.45, 7) is 2.05. The maximum atomic E-state index is 10.6. The van der Waals surface area contributed by atoms with Crippen molar-refractivity contribution in [2.45, 2.75) is 13.0 Å². The van der Waals surface area contributed by atoms with Gasteiger partial charge in [-0.25, -0.2) is 0 Å². The first-order chi connectivity index (χ1) is 8.58. The number of non-ortho nitro benzene ring substituents is 1. The topological polar surface area (TPSA) is 55.2 Å². The summed E-state index contributed by atoms with van der Waals surface area (Å²) in [5, 5.41) is 18.1. The van der Waals surface area contributed by atoms with Crippen LogP contribution in [0.4, 0.5) is 11.4 Å². The van der Waals surface area contributed by atoms with Crippen molar-refractivity contribution in [1.29, 1.82) is 0 Å². The van der Waals surface area contributed by atoms with E-state index in [9.17, 15) is 10.1 Å². The molecule has 0 aliphatic heterocycles. The van der Waals surface area contributed by atoms with Gasteiger partial charge in [0, 0.05) is 28.3 Å². The van der Waals surface area contributed by atoms with E-state index in [4.69, 9.17) is 0 Å². The summed E-state index contributed by atoms with van der Waals surface area (Å²) < 4.78 is 0.693. The summed E-state index contributed by atoms with van der Waals surface area (Å²) in [6.07, 6.45) is 0. The van der Waals surface area contributed by atoms with E-state index in [-0.39, 0.29) is 11.7 Å². The molecule has 0 amide bonds. The van der Waals surface area contributed by atoms with E-state index in [1.807, 2.05) is 5.38 Å². The van der Waals surface area contributed by atoms with Crippen LogP contribution >= 0.6 is 27.3 Å². The predicted molar refractivity (Wildman–Crippen MR) is 77.2 cm³/mol. The highest BCUT2D eigenvalue weighted by atomic mass is 79.9. The standard InChI is InChI=1S/C12H11BrN2O2S/c1-8(9-4-5-18-7-9)14-12-3-2-10(15(16)17)6-11(12)13/h2-8,14H,1H3. The molecule has 1 aromatic carbocycles. The smallest absolute Gasteiger partial charge is 0.270 e. The van der Waals surface area contributed by atoms with Crippen molar-refractivity contribution < 1.29 is 4.92 Å². The van der Waals surface area contributed by atoms with Gasteiger partial charge in [0.15, 0.2) is 0 Å². The van der Waals surface area contributed by atoms with Gasteiger partial charge >= 0.3 is 0 Å². The van der Waals surface area contributed by atoms with Crippen LogP contribution in [0.5, 0.6) is 0 Å². The fraction of sp³-hybridized carbons (Fsp3) is 0.167.